The van der Waals surface area contributed by atoms with Crippen LogP contribution in [-0.4, -0.2) is 19.1 Å². The van der Waals surface area contributed by atoms with Crippen molar-refractivity contribution in [2.75, 3.05) is 0 Å². The number of allylic oxidation sites excluding steroid dienone is 1. The van der Waals surface area contributed by atoms with Crippen LogP contribution in [0.1, 0.15) is 47.7 Å². The van der Waals surface area contributed by atoms with Crippen LogP contribution < -0.4 is 0 Å². The molecule has 0 saturated heterocycles. The van der Waals surface area contributed by atoms with Crippen LogP contribution in [0.2, 0.25) is 0 Å². The number of aryl methyl sites for hydroxylation is 1. The number of hydrogen-bond donors (Lipinski definition) is 0. The standard InChI is InChI=1S/C42H37N3/c1-28-15-9-11-19-36(28)42(44-5)29(2)41(32-16-7-6-8-17-32)45-27-31-23-34(30(3)43-4)25-35(24-31)40-26-33-18-10-12-20-37(33)38-21-13-14-22-39(38)40/h6-26,30H,4-5,27H2,1-3H3/b42-29-,45-41?. The Bertz CT molecular complexity index is 2100. The van der Waals surface area contributed by atoms with Crippen molar-refractivity contribution >= 4 is 46.4 Å². The molecule has 3 heteroatoms. The number of nitrogens with zero attached hydrogens (tertiary/aromatic N) is 3. The highest BCUT2D eigenvalue weighted by atomic mass is 14.8. The van der Waals surface area contributed by atoms with Gasteiger partial charge in [-0.1, -0.05) is 109 Å². The molecule has 0 amide bonds. The van der Waals surface area contributed by atoms with Gasteiger partial charge in [0.05, 0.1) is 24.0 Å². The molecule has 0 N–H and O–H groups in total. The van der Waals surface area contributed by atoms with E-state index >= 15 is 0 Å². The fourth-order valence-electron chi connectivity index (χ4n) is 6.15. The van der Waals surface area contributed by atoms with Crippen LogP contribution in [0.25, 0.3) is 38.4 Å². The molecular weight excluding hydrogens is 546 g/mol. The molecule has 220 valence electrons. The molecule has 0 saturated carbocycles. The molecule has 45 heavy (non-hydrogen) atoms. The van der Waals surface area contributed by atoms with Gasteiger partial charge in [-0.3, -0.25) is 15.0 Å². The summed E-state index contributed by atoms with van der Waals surface area (Å²) in [5.74, 6) is 0. The van der Waals surface area contributed by atoms with Crippen LogP contribution >= 0.6 is 0 Å². The zero-order chi connectivity index (χ0) is 31.3. The number of aliphatic imine (C=N–C) groups is 3. The molecule has 0 aromatic heterocycles. The lowest BCUT2D eigenvalue weighted by molar-refractivity contribution is 0.825. The zero-order valence-electron chi connectivity index (χ0n) is 26.2. The average Bonchev–Trinajstić information content (AvgIpc) is 3.09. The maximum Gasteiger partial charge on any atom is 0.0748 e. The second kappa shape index (κ2) is 13.1. The molecule has 6 aromatic carbocycles. The summed E-state index contributed by atoms with van der Waals surface area (Å²) in [6.07, 6.45) is 0. The summed E-state index contributed by atoms with van der Waals surface area (Å²) in [7, 11) is 0. The van der Waals surface area contributed by atoms with E-state index < -0.39 is 0 Å². The molecule has 6 rings (SSSR count). The lowest BCUT2D eigenvalue weighted by Crippen LogP contribution is -2.07. The average molecular weight is 584 g/mol. The Balaban J connectivity index is 1.52. The van der Waals surface area contributed by atoms with Gasteiger partial charge in [0.15, 0.2) is 0 Å². The van der Waals surface area contributed by atoms with Gasteiger partial charge in [0.1, 0.15) is 0 Å². The minimum atomic E-state index is -0.0488. The second-order valence-electron chi connectivity index (χ2n) is 11.5. The van der Waals surface area contributed by atoms with Gasteiger partial charge >= 0.3 is 0 Å². The molecule has 1 atom stereocenters. The van der Waals surface area contributed by atoms with Crippen molar-refractivity contribution in [2.45, 2.75) is 33.4 Å². The minimum Gasteiger partial charge on any atom is -0.293 e. The zero-order valence-corrected chi connectivity index (χ0v) is 26.2. The van der Waals surface area contributed by atoms with Crippen molar-refractivity contribution in [3.8, 4) is 11.1 Å². The largest absolute Gasteiger partial charge is 0.293 e. The maximum absolute atomic E-state index is 5.29. The van der Waals surface area contributed by atoms with E-state index in [-0.39, 0.29) is 6.04 Å². The SMILES string of the molecule is C=N/C(=C(/C)C(=NCc1cc(-c2cc3ccccc3c3ccccc23)cc(C(C)N=C)c1)c1ccccc1)c1ccccc1C. The van der Waals surface area contributed by atoms with Crippen molar-refractivity contribution in [1.82, 2.24) is 0 Å². The van der Waals surface area contributed by atoms with Gasteiger partial charge < -0.3 is 0 Å². The summed E-state index contributed by atoms with van der Waals surface area (Å²) >= 11 is 0. The summed E-state index contributed by atoms with van der Waals surface area (Å²) < 4.78 is 0. The predicted molar refractivity (Wildman–Crippen MR) is 195 cm³/mol. The van der Waals surface area contributed by atoms with E-state index in [1.807, 2.05) is 30.3 Å². The highest BCUT2D eigenvalue weighted by Gasteiger charge is 2.16. The highest BCUT2D eigenvalue weighted by molar-refractivity contribution is 6.16. The molecule has 0 bridgehead atoms. The smallest absolute Gasteiger partial charge is 0.0748 e. The number of hydrogen-bond acceptors (Lipinski definition) is 3. The Labute approximate surface area is 266 Å². The number of fused-ring (bicyclic) bond motifs is 3. The van der Waals surface area contributed by atoms with Crippen LogP contribution in [0.5, 0.6) is 0 Å². The third kappa shape index (κ3) is 6.03. The fraction of sp³-hybridized carbons (Fsp3) is 0.119. The number of rotatable bonds is 9. The molecule has 0 fully saturated rings. The van der Waals surface area contributed by atoms with Crippen molar-refractivity contribution in [1.29, 1.82) is 0 Å². The molecule has 6 aromatic rings. The maximum atomic E-state index is 5.29. The summed E-state index contributed by atoms with van der Waals surface area (Å²) in [5.41, 5.74) is 10.6. The Morgan fingerprint density at radius 1 is 0.711 bits per heavy atom. The van der Waals surface area contributed by atoms with E-state index in [0.717, 1.165) is 50.4 Å². The lowest BCUT2D eigenvalue weighted by Gasteiger charge is -2.16. The lowest BCUT2D eigenvalue weighted by atomic mass is 9.90. The second-order valence-corrected chi connectivity index (χ2v) is 11.5. The summed E-state index contributed by atoms with van der Waals surface area (Å²) in [6.45, 7) is 14.6. The molecule has 0 aliphatic rings. The van der Waals surface area contributed by atoms with Crippen LogP contribution in [0.3, 0.4) is 0 Å². The molecule has 0 aliphatic carbocycles. The van der Waals surface area contributed by atoms with Crippen LogP contribution in [0, 0.1) is 6.92 Å². The van der Waals surface area contributed by atoms with Gasteiger partial charge in [-0.2, -0.15) is 0 Å². The molecule has 0 heterocycles. The van der Waals surface area contributed by atoms with Gasteiger partial charge in [0.2, 0.25) is 0 Å². The summed E-state index contributed by atoms with van der Waals surface area (Å²) in [6, 6.07) is 44.9. The van der Waals surface area contributed by atoms with Gasteiger partial charge in [-0.25, -0.2) is 0 Å². The van der Waals surface area contributed by atoms with Crippen molar-refractivity contribution in [2.24, 2.45) is 15.0 Å². The van der Waals surface area contributed by atoms with Crippen LogP contribution in [0.15, 0.2) is 148 Å². The Morgan fingerprint density at radius 2 is 1.38 bits per heavy atom. The van der Waals surface area contributed by atoms with Gasteiger partial charge in [-0.15, -0.1) is 0 Å². The fourth-order valence-corrected chi connectivity index (χ4v) is 6.15. The molecular formula is C42H37N3. The normalized spacial score (nSPS) is 13.0. The van der Waals surface area contributed by atoms with Crippen molar-refractivity contribution in [3.63, 3.8) is 0 Å². The van der Waals surface area contributed by atoms with Gasteiger partial charge in [-0.05, 0) is 102 Å². The topological polar surface area (TPSA) is 37.1 Å². The first-order valence-corrected chi connectivity index (χ1v) is 15.3. The molecule has 0 aliphatic heterocycles. The van der Waals surface area contributed by atoms with E-state index in [1.54, 1.807) is 0 Å². The van der Waals surface area contributed by atoms with E-state index in [4.69, 9.17) is 4.99 Å². The molecule has 0 spiro atoms. The Kier molecular flexibility index (Phi) is 8.61. The van der Waals surface area contributed by atoms with Gasteiger partial charge in [0.25, 0.3) is 0 Å². The molecule has 0 radical (unpaired) electrons. The predicted octanol–water partition coefficient (Wildman–Crippen LogP) is 10.9. The van der Waals surface area contributed by atoms with E-state index in [2.05, 4.69) is 141 Å². The number of benzene rings is 6. The van der Waals surface area contributed by atoms with Gasteiger partial charge in [0, 0.05) is 16.7 Å². The van der Waals surface area contributed by atoms with Crippen LogP contribution in [0.4, 0.5) is 0 Å². The summed E-state index contributed by atoms with van der Waals surface area (Å²) in [4.78, 5) is 14.2. The quantitative estimate of drug-likeness (QED) is 0.120. The third-order valence-electron chi connectivity index (χ3n) is 8.59. The molecule has 3 nitrogen and oxygen atoms in total. The van der Waals surface area contributed by atoms with E-state index in [9.17, 15) is 0 Å². The van der Waals surface area contributed by atoms with Crippen LogP contribution in [-0.2, 0) is 6.54 Å². The Morgan fingerprint density at radius 3 is 2.11 bits per heavy atom. The first kappa shape index (κ1) is 29.7. The van der Waals surface area contributed by atoms with Crippen molar-refractivity contribution < 1.29 is 0 Å². The van der Waals surface area contributed by atoms with E-state index in [1.165, 1.54) is 27.1 Å². The highest BCUT2D eigenvalue weighted by Crippen LogP contribution is 2.37. The minimum absolute atomic E-state index is 0.0488. The monoisotopic (exact) mass is 583 g/mol. The first-order valence-electron chi connectivity index (χ1n) is 15.3. The third-order valence-corrected chi connectivity index (χ3v) is 8.59. The first-order chi connectivity index (χ1) is 22.0. The van der Waals surface area contributed by atoms with E-state index in [0.29, 0.717) is 6.54 Å². The summed E-state index contributed by atoms with van der Waals surface area (Å²) in [5, 5.41) is 4.96. The van der Waals surface area contributed by atoms with Crippen molar-refractivity contribution in [3.05, 3.63) is 161 Å². The Hall–Kier alpha value is -5.41. The molecule has 1 unspecified atom stereocenters.